The summed E-state index contributed by atoms with van der Waals surface area (Å²) < 4.78 is 5.05. The van der Waals surface area contributed by atoms with E-state index in [1.807, 2.05) is 31.3 Å². The molecule has 1 aromatic carbocycles. The van der Waals surface area contributed by atoms with Crippen molar-refractivity contribution in [2.45, 2.75) is 13.1 Å². The maximum atomic E-state index is 5.83. The molecule has 2 rings (SSSR count). The Morgan fingerprint density at radius 1 is 1.29 bits per heavy atom. The number of hydrogen-bond acceptors (Lipinski definition) is 4. The van der Waals surface area contributed by atoms with Crippen LogP contribution in [0.2, 0.25) is 5.02 Å². The number of anilines is 1. The minimum Gasteiger partial charge on any atom is -0.381 e. The van der Waals surface area contributed by atoms with Crippen LogP contribution in [0.5, 0.6) is 0 Å². The summed E-state index contributed by atoms with van der Waals surface area (Å²) >= 11 is 5.83. The molecule has 1 heterocycles. The third-order valence-electron chi connectivity index (χ3n) is 2.37. The maximum Gasteiger partial charge on any atom is 0.167 e. The highest BCUT2D eigenvalue weighted by Gasteiger charge is 2.06. The summed E-state index contributed by atoms with van der Waals surface area (Å²) in [4.78, 5) is 2.11. The molecule has 4 nitrogen and oxygen atoms in total. The molecule has 0 aliphatic rings. The zero-order valence-corrected chi connectivity index (χ0v) is 10.3. The van der Waals surface area contributed by atoms with Crippen LogP contribution in [0.15, 0.2) is 34.9 Å². The van der Waals surface area contributed by atoms with Gasteiger partial charge >= 0.3 is 0 Å². The third kappa shape index (κ3) is 3.47. The van der Waals surface area contributed by atoms with Crippen LogP contribution in [-0.4, -0.2) is 17.1 Å². The average Bonchev–Trinajstić information content (AvgIpc) is 2.67. The fourth-order valence-corrected chi connectivity index (χ4v) is 1.75. The van der Waals surface area contributed by atoms with Gasteiger partial charge in [-0.1, -0.05) is 28.9 Å². The molecule has 90 valence electrons. The molecule has 2 N–H and O–H groups in total. The van der Waals surface area contributed by atoms with E-state index in [1.165, 1.54) is 5.56 Å². The van der Waals surface area contributed by atoms with Gasteiger partial charge in [-0.15, -0.1) is 0 Å². The summed E-state index contributed by atoms with van der Waals surface area (Å²) in [5, 5.41) is 4.40. The summed E-state index contributed by atoms with van der Waals surface area (Å²) in [6.07, 6.45) is 0. The minimum atomic E-state index is 0.417. The van der Waals surface area contributed by atoms with Crippen LogP contribution in [0.4, 0.5) is 5.82 Å². The molecule has 0 bridgehead atoms. The number of rotatable bonds is 4. The molecule has 0 radical (unpaired) electrons. The van der Waals surface area contributed by atoms with Gasteiger partial charge in [0.25, 0.3) is 0 Å². The van der Waals surface area contributed by atoms with Gasteiger partial charge in [0.15, 0.2) is 11.6 Å². The molecule has 0 spiro atoms. The van der Waals surface area contributed by atoms with Gasteiger partial charge in [0.1, 0.15) is 0 Å². The molecule has 5 heteroatoms. The van der Waals surface area contributed by atoms with Crippen molar-refractivity contribution in [3.63, 3.8) is 0 Å². The maximum absolute atomic E-state index is 5.83. The lowest BCUT2D eigenvalue weighted by Gasteiger charge is -2.14. The van der Waals surface area contributed by atoms with Gasteiger partial charge in [0, 0.05) is 17.6 Å². The molecular weight excluding hydrogens is 238 g/mol. The lowest BCUT2D eigenvalue weighted by atomic mass is 10.2. The van der Waals surface area contributed by atoms with Crippen LogP contribution in [0.25, 0.3) is 0 Å². The van der Waals surface area contributed by atoms with Gasteiger partial charge < -0.3 is 10.3 Å². The highest BCUT2D eigenvalue weighted by Crippen LogP contribution is 2.13. The van der Waals surface area contributed by atoms with Crippen molar-refractivity contribution in [3.05, 3.63) is 46.7 Å². The first kappa shape index (κ1) is 12.0. The first-order valence-electron chi connectivity index (χ1n) is 5.27. The van der Waals surface area contributed by atoms with Gasteiger partial charge in [-0.3, -0.25) is 4.90 Å². The number of hydrogen-bond donors (Lipinski definition) is 1. The molecule has 0 aliphatic heterocycles. The molecule has 0 saturated heterocycles. The summed E-state index contributed by atoms with van der Waals surface area (Å²) in [5.41, 5.74) is 6.68. The second kappa shape index (κ2) is 5.21. The van der Waals surface area contributed by atoms with Gasteiger partial charge in [-0.2, -0.15) is 0 Å². The van der Waals surface area contributed by atoms with Crippen LogP contribution in [0.1, 0.15) is 11.3 Å². The van der Waals surface area contributed by atoms with E-state index in [2.05, 4.69) is 10.1 Å². The smallest absolute Gasteiger partial charge is 0.167 e. The number of nitrogen functional groups attached to an aromatic ring is 1. The fraction of sp³-hybridized carbons (Fsp3) is 0.250. The van der Waals surface area contributed by atoms with Gasteiger partial charge in [0.2, 0.25) is 0 Å². The molecule has 17 heavy (non-hydrogen) atoms. The van der Waals surface area contributed by atoms with E-state index in [9.17, 15) is 0 Å². The van der Waals surface area contributed by atoms with Crippen molar-refractivity contribution in [1.29, 1.82) is 0 Å². The second-order valence-electron chi connectivity index (χ2n) is 4.02. The molecule has 2 aromatic rings. The molecular formula is C12H14ClN3O. The largest absolute Gasteiger partial charge is 0.381 e. The van der Waals surface area contributed by atoms with Crippen molar-refractivity contribution in [1.82, 2.24) is 10.1 Å². The molecule has 1 aromatic heterocycles. The van der Waals surface area contributed by atoms with E-state index in [4.69, 9.17) is 21.9 Å². The number of halogens is 1. The lowest BCUT2D eigenvalue weighted by Crippen LogP contribution is -2.16. The van der Waals surface area contributed by atoms with Crippen molar-refractivity contribution in [2.24, 2.45) is 0 Å². The molecule has 0 unspecified atom stereocenters. The lowest BCUT2D eigenvalue weighted by molar-refractivity contribution is 0.267. The number of nitrogens with zero attached hydrogens (tertiary/aromatic N) is 2. The SMILES string of the molecule is CN(Cc1ccc(Cl)cc1)Cc1cc(N)no1. The molecule has 0 amide bonds. The van der Waals surface area contributed by atoms with Crippen LogP contribution in [0.3, 0.4) is 0 Å². The minimum absolute atomic E-state index is 0.417. The number of benzene rings is 1. The molecule has 0 fully saturated rings. The zero-order chi connectivity index (χ0) is 12.3. The molecule has 0 aliphatic carbocycles. The Bertz CT molecular complexity index is 481. The van der Waals surface area contributed by atoms with Crippen molar-refractivity contribution in [3.8, 4) is 0 Å². The first-order valence-corrected chi connectivity index (χ1v) is 5.65. The highest BCUT2D eigenvalue weighted by atomic mass is 35.5. The monoisotopic (exact) mass is 251 g/mol. The van der Waals surface area contributed by atoms with E-state index in [-0.39, 0.29) is 0 Å². The second-order valence-corrected chi connectivity index (χ2v) is 4.45. The average molecular weight is 252 g/mol. The van der Waals surface area contributed by atoms with E-state index in [1.54, 1.807) is 6.07 Å². The Morgan fingerprint density at radius 2 is 2.00 bits per heavy atom. The van der Waals surface area contributed by atoms with Gasteiger partial charge in [-0.05, 0) is 24.7 Å². The predicted molar refractivity (Wildman–Crippen MR) is 67.5 cm³/mol. The Kier molecular flexibility index (Phi) is 3.66. The highest BCUT2D eigenvalue weighted by molar-refractivity contribution is 6.30. The Balaban J connectivity index is 1.93. The van der Waals surface area contributed by atoms with Crippen LogP contribution in [0, 0.1) is 0 Å². The number of aromatic nitrogens is 1. The quantitative estimate of drug-likeness (QED) is 0.907. The van der Waals surface area contributed by atoms with Gasteiger partial charge in [-0.25, -0.2) is 0 Å². The fourth-order valence-electron chi connectivity index (χ4n) is 1.63. The van der Waals surface area contributed by atoms with Crippen molar-refractivity contribution < 1.29 is 4.52 Å². The van der Waals surface area contributed by atoms with E-state index in [0.717, 1.165) is 17.3 Å². The number of nitrogens with two attached hydrogens (primary N) is 1. The van der Waals surface area contributed by atoms with Crippen LogP contribution >= 0.6 is 11.6 Å². The van der Waals surface area contributed by atoms with Gasteiger partial charge in [0.05, 0.1) is 6.54 Å². The van der Waals surface area contributed by atoms with Crippen molar-refractivity contribution >= 4 is 17.4 Å². The van der Waals surface area contributed by atoms with E-state index in [0.29, 0.717) is 12.4 Å². The normalized spacial score (nSPS) is 11.0. The standard InChI is InChI=1S/C12H14ClN3O/c1-16(8-11-6-12(14)15-17-11)7-9-2-4-10(13)5-3-9/h2-6H,7-8H2,1H3,(H2,14,15). The summed E-state index contributed by atoms with van der Waals surface area (Å²) in [6.45, 7) is 1.49. The molecule has 0 atom stereocenters. The topological polar surface area (TPSA) is 55.3 Å². The molecule has 0 saturated carbocycles. The van der Waals surface area contributed by atoms with Crippen LogP contribution < -0.4 is 5.73 Å². The Labute approximate surface area is 105 Å². The van der Waals surface area contributed by atoms with Crippen LogP contribution in [-0.2, 0) is 13.1 Å². The van der Waals surface area contributed by atoms with Crippen molar-refractivity contribution in [2.75, 3.05) is 12.8 Å². The Morgan fingerprint density at radius 3 is 2.59 bits per heavy atom. The van der Waals surface area contributed by atoms with E-state index >= 15 is 0 Å². The van der Waals surface area contributed by atoms with E-state index < -0.39 is 0 Å². The first-order chi connectivity index (χ1) is 8.13. The summed E-state index contributed by atoms with van der Waals surface area (Å²) in [5.74, 6) is 1.18. The zero-order valence-electron chi connectivity index (χ0n) is 9.56. The Hall–Kier alpha value is -1.52. The predicted octanol–water partition coefficient (Wildman–Crippen LogP) is 2.54. The third-order valence-corrected chi connectivity index (χ3v) is 2.62. The summed E-state index contributed by atoms with van der Waals surface area (Å²) in [6, 6.07) is 9.52. The summed E-state index contributed by atoms with van der Waals surface area (Å²) in [7, 11) is 2.01.